The van der Waals surface area contributed by atoms with Crippen molar-refractivity contribution >= 4 is 49.6 Å². The lowest BCUT2D eigenvalue weighted by Crippen LogP contribution is -2.13. The second kappa shape index (κ2) is 15.5. The summed E-state index contributed by atoms with van der Waals surface area (Å²) in [6.45, 7) is 0. The van der Waals surface area contributed by atoms with Gasteiger partial charge in [-0.1, -0.05) is 183 Å². The Labute approximate surface area is 352 Å². The SMILES string of the molecule is c1ccc(-c2ccccc2N(c2cccc(-c3cccc4c3c3ccccc3n4-c3ccccc3)c2)c2ccccc2-c2cccc3cccc(C4CCCCC4)c23)cc1. The fourth-order valence-corrected chi connectivity index (χ4v) is 10.1. The molecule has 11 rings (SSSR count). The van der Waals surface area contributed by atoms with Gasteiger partial charge in [0.1, 0.15) is 0 Å². The average Bonchev–Trinajstić information content (AvgIpc) is 3.67. The van der Waals surface area contributed by atoms with Crippen molar-refractivity contribution in [2.45, 2.75) is 38.0 Å². The molecule has 1 heterocycles. The minimum atomic E-state index is 0.581. The largest absolute Gasteiger partial charge is 0.309 e. The van der Waals surface area contributed by atoms with E-state index in [1.807, 2.05) is 0 Å². The van der Waals surface area contributed by atoms with Crippen LogP contribution in [0.3, 0.4) is 0 Å². The van der Waals surface area contributed by atoms with Crippen LogP contribution < -0.4 is 4.90 Å². The number of nitrogens with zero attached hydrogens (tertiary/aromatic N) is 2. The van der Waals surface area contributed by atoms with E-state index in [1.54, 1.807) is 0 Å². The summed E-state index contributed by atoms with van der Waals surface area (Å²) in [4.78, 5) is 2.51. The van der Waals surface area contributed by atoms with Crippen molar-refractivity contribution in [3.8, 4) is 39.1 Å². The van der Waals surface area contributed by atoms with Gasteiger partial charge in [0.2, 0.25) is 0 Å². The molecular formula is C58H46N2. The van der Waals surface area contributed by atoms with Crippen molar-refractivity contribution in [3.63, 3.8) is 0 Å². The number of fused-ring (bicyclic) bond motifs is 4. The van der Waals surface area contributed by atoms with Gasteiger partial charge in [0.05, 0.1) is 22.4 Å². The minimum Gasteiger partial charge on any atom is -0.309 e. The standard InChI is InChI=1S/C58H46N2/c1-4-20-41(21-5-1)47-30-10-13-36-53(47)60(54-37-14-11-31-50(54)51-35-18-25-43-24-17-33-48(57(43)51)42-22-6-2-7-23-42)46-29-16-26-44(40-46)49-34-19-39-56-58(49)52-32-12-15-38-55(52)59(56)45-27-8-3-9-28-45/h1,3-5,8-21,24-40,42H,2,6-7,22-23H2. The summed E-state index contributed by atoms with van der Waals surface area (Å²) in [5.74, 6) is 0.581. The second-order valence-corrected chi connectivity index (χ2v) is 16.3. The van der Waals surface area contributed by atoms with E-state index in [1.165, 1.54) is 104 Å². The van der Waals surface area contributed by atoms with E-state index in [9.17, 15) is 0 Å². The van der Waals surface area contributed by atoms with Crippen molar-refractivity contribution in [1.82, 2.24) is 4.57 Å². The molecule has 0 atom stereocenters. The molecule has 10 aromatic rings. The first-order chi connectivity index (χ1) is 29.8. The number of rotatable bonds is 8. The van der Waals surface area contributed by atoms with E-state index in [0.717, 1.165) is 22.7 Å². The zero-order valence-electron chi connectivity index (χ0n) is 33.7. The lowest BCUT2D eigenvalue weighted by Gasteiger charge is -2.31. The number of hydrogen-bond acceptors (Lipinski definition) is 1. The van der Waals surface area contributed by atoms with E-state index in [-0.39, 0.29) is 0 Å². The number of aromatic nitrogens is 1. The summed E-state index contributed by atoms with van der Waals surface area (Å²) in [6.07, 6.45) is 6.47. The quantitative estimate of drug-likeness (QED) is 0.149. The second-order valence-electron chi connectivity index (χ2n) is 16.3. The molecule has 2 heteroatoms. The molecule has 0 spiro atoms. The van der Waals surface area contributed by atoms with Crippen molar-refractivity contribution in [2.24, 2.45) is 0 Å². The molecule has 1 aliphatic rings. The van der Waals surface area contributed by atoms with E-state index < -0.39 is 0 Å². The molecular weight excluding hydrogens is 725 g/mol. The highest BCUT2D eigenvalue weighted by molar-refractivity contribution is 6.16. The predicted molar refractivity (Wildman–Crippen MR) is 255 cm³/mol. The Morgan fingerprint density at radius 2 is 0.983 bits per heavy atom. The third kappa shape index (κ3) is 6.28. The first-order valence-electron chi connectivity index (χ1n) is 21.6. The van der Waals surface area contributed by atoms with Gasteiger partial charge in [-0.2, -0.15) is 0 Å². The molecule has 1 aromatic heterocycles. The van der Waals surface area contributed by atoms with Gasteiger partial charge in [0.15, 0.2) is 0 Å². The zero-order valence-corrected chi connectivity index (χ0v) is 33.7. The van der Waals surface area contributed by atoms with Crippen LogP contribution in [-0.2, 0) is 0 Å². The lowest BCUT2D eigenvalue weighted by atomic mass is 9.80. The van der Waals surface area contributed by atoms with Crippen LogP contribution in [0.15, 0.2) is 212 Å². The molecule has 0 N–H and O–H groups in total. The molecule has 2 nitrogen and oxygen atoms in total. The molecule has 0 aliphatic heterocycles. The van der Waals surface area contributed by atoms with Gasteiger partial charge in [-0.05, 0) is 106 Å². The van der Waals surface area contributed by atoms with Crippen LogP contribution in [0.2, 0.25) is 0 Å². The van der Waals surface area contributed by atoms with Crippen molar-refractivity contribution in [3.05, 3.63) is 218 Å². The number of para-hydroxylation sites is 4. The van der Waals surface area contributed by atoms with Gasteiger partial charge in [0.25, 0.3) is 0 Å². The van der Waals surface area contributed by atoms with Gasteiger partial charge in [-0.25, -0.2) is 0 Å². The molecule has 9 aromatic carbocycles. The molecule has 0 unspecified atom stereocenters. The molecule has 0 bridgehead atoms. The molecule has 60 heavy (non-hydrogen) atoms. The number of benzene rings is 9. The van der Waals surface area contributed by atoms with Crippen LogP contribution in [0.25, 0.3) is 71.6 Å². The first kappa shape index (κ1) is 36.0. The van der Waals surface area contributed by atoms with E-state index in [0.29, 0.717) is 5.92 Å². The van der Waals surface area contributed by atoms with Crippen molar-refractivity contribution in [1.29, 1.82) is 0 Å². The topological polar surface area (TPSA) is 8.17 Å². The molecule has 1 aliphatic carbocycles. The maximum Gasteiger partial charge on any atom is 0.0547 e. The third-order valence-electron chi connectivity index (χ3n) is 12.8. The highest BCUT2D eigenvalue weighted by Gasteiger charge is 2.25. The molecule has 1 fully saturated rings. The normalized spacial score (nSPS) is 13.3. The van der Waals surface area contributed by atoms with E-state index in [4.69, 9.17) is 0 Å². The summed E-state index contributed by atoms with van der Waals surface area (Å²) in [7, 11) is 0. The van der Waals surface area contributed by atoms with E-state index in [2.05, 4.69) is 222 Å². The van der Waals surface area contributed by atoms with Crippen LogP contribution in [-0.4, -0.2) is 4.57 Å². The van der Waals surface area contributed by atoms with Gasteiger partial charge >= 0.3 is 0 Å². The molecule has 288 valence electrons. The van der Waals surface area contributed by atoms with Gasteiger partial charge in [-0.3, -0.25) is 0 Å². The summed E-state index contributed by atoms with van der Waals surface area (Å²) in [5.41, 5.74) is 15.8. The van der Waals surface area contributed by atoms with Crippen LogP contribution in [0, 0.1) is 0 Å². The summed E-state index contributed by atoms with van der Waals surface area (Å²) in [6, 6.07) is 78.2. The van der Waals surface area contributed by atoms with E-state index >= 15 is 0 Å². The fraction of sp³-hybridized carbons (Fsp3) is 0.103. The molecule has 1 saturated carbocycles. The molecule has 0 amide bonds. The maximum absolute atomic E-state index is 2.51. The Kier molecular flexibility index (Phi) is 9.32. The summed E-state index contributed by atoms with van der Waals surface area (Å²) >= 11 is 0. The Morgan fingerprint density at radius 3 is 1.80 bits per heavy atom. The predicted octanol–water partition coefficient (Wildman–Crippen LogP) is 16.5. The Morgan fingerprint density at radius 1 is 0.400 bits per heavy atom. The van der Waals surface area contributed by atoms with Crippen molar-refractivity contribution in [2.75, 3.05) is 4.90 Å². The summed E-state index contributed by atoms with van der Waals surface area (Å²) in [5, 5.41) is 5.22. The fourth-order valence-electron chi connectivity index (χ4n) is 10.1. The molecule has 0 saturated heterocycles. The van der Waals surface area contributed by atoms with Crippen LogP contribution in [0.1, 0.15) is 43.6 Å². The monoisotopic (exact) mass is 770 g/mol. The maximum atomic E-state index is 2.51. The summed E-state index contributed by atoms with van der Waals surface area (Å²) < 4.78 is 2.41. The lowest BCUT2D eigenvalue weighted by molar-refractivity contribution is 0.445. The van der Waals surface area contributed by atoms with Crippen LogP contribution >= 0.6 is 0 Å². The van der Waals surface area contributed by atoms with Gasteiger partial charge in [-0.15, -0.1) is 0 Å². The Hall–Kier alpha value is -7.16. The van der Waals surface area contributed by atoms with Crippen molar-refractivity contribution < 1.29 is 0 Å². The van der Waals surface area contributed by atoms with Crippen LogP contribution in [0.5, 0.6) is 0 Å². The number of anilines is 3. The Balaban J connectivity index is 1.15. The van der Waals surface area contributed by atoms with Crippen LogP contribution in [0.4, 0.5) is 17.1 Å². The smallest absolute Gasteiger partial charge is 0.0547 e. The average molecular weight is 771 g/mol. The highest BCUT2D eigenvalue weighted by atomic mass is 15.1. The first-order valence-corrected chi connectivity index (χ1v) is 21.6. The van der Waals surface area contributed by atoms with Gasteiger partial charge < -0.3 is 9.47 Å². The third-order valence-corrected chi connectivity index (χ3v) is 12.8. The minimum absolute atomic E-state index is 0.581. The molecule has 0 radical (unpaired) electrons. The number of hydrogen-bond donors (Lipinski definition) is 0. The van der Waals surface area contributed by atoms with Gasteiger partial charge in [0, 0.05) is 33.3 Å². The zero-order chi connectivity index (χ0) is 39.8. The highest BCUT2D eigenvalue weighted by Crippen LogP contribution is 2.48. The Bertz CT molecular complexity index is 3130.